The van der Waals surface area contributed by atoms with Gasteiger partial charge in [-0.15, -0.1) is 0 Å². The summed E-state index contributed by atoms with van der Waals surface area (Å²) in [6, 6.07) is 27.0. The molecule has 5 nitrogen and oxygen atoms in total. The zero-order valence-electron chi connectivity index (χ0n) is 17.6. The average Bonchev–Trinajstić information content (AvgIpc) is 2.78. The standard InChI is InChI=1S/C26H25N3O2S/c27-26(28)22-15-14-20-11-10-19(16-23(20)17-22)5-3-4-18-8-12-21(13-9-18)24-6-1-2-7-25(24)32(29,30)31/h1-2,6-17H,3-5H2,(H3,27,28)(H2,29,30,31). The van der Waals surface area contributed by atoms with Crippen molar-refractivity contribution in [3.8, 4) is 11.1 Å². The Morgan fingerprint density at radius 2 is 1.44 bits per heavy atom. The largest absolute Gasteiger partial charge is 0.384 e. The third-order valence-corrected chi connectivity index (χ3v) is 6.57. The van der Waals surface area contributed by atoms with Gasteiger partial charge in [0.15, 0.2) is 0 Å². The summed E-state index contributed by atoms with van der Waals surface area (Å²) in [5.74, 6) is 0.0763. The van der Waals surface area contributed by atoms with Crippen molar-refractivity contribution in [3.63, 3.8) is 0 Å². The second-order valence-electron chi connectivity index (χ2n) is 7.90. The van der Waals surface area contributed by atoms with Crippen LogP contribution in [0.5, 0.6) is 0 Å². The zero-order chi connectivity index (χ0) is 22.7. The van der Waals surface area contributed by atoms with Gasteiger partial charge in [-0.3, -0.25) is 5.41 Å². The number of fused-ring (bicyclic) bond motifs is 1. The number of nitrogens with two attached hydrogens (primary N) is 2. The number of nitrogens with one attached hydrogen (secondary N) is 1. The van der Waals surface area contributed by atoms with E-state index in [0.717, 1.165) is 41.2 Å². The average molecular weight is 444 g/mol. The number of nitrogen functional groups attached to an aromatic ring is 1. The molecule has 4 aromatic rings. The highest BCUT2D eigenvalue weighted by Gasteiger charge is 2.14. The molecule has 5 N–H and O–H groups in total. The van der Waals surface area contributed by atoms with Crippen LogP contribution in [-0.4, -0.2) is 14.3 Å². The van der Waals surface area contributed by atoms with E-state index in [0.29, 0.717) is 5.56 Å². The van der Waals surface area contributed by atoms with Gasteiger partial charge < -0.3 is 5.73 Å². The number of hydrogen-bond acceptors (Lipinski definition) is 3. The summed E-state index contributed by atoms with van der Waals surface area (Å²) in [5, 5.41) is 15.2. The molecule has 0 aliphatic carbocycles. The van der Waals surface area contributed by atoms with Crippen molar-refractivity contribution in [1.29, 1.82) is 5.41 Å². The van der Waals surface area contributed by atoms with E-state index >= 15 is 0 Å². The van der Waals surface area contributed by atoms with Crippen molar-refractivity contribution < 1.29 is 8.42 Å². The third kappa shape index (κ3) is 4.88. The topological polar surface area (TPSA) is 110 Å². The van der Waals surface area contributed by atoms with Crippen molar-refractivity contribution >= 4 is 26.6 Å². The lowest BCUT2D eigenvalue weighted by atomic mass is 9.98. The summed E-state index contributed by atoms with van der Waals surface area (Å²) in [4.78, 5) is 0.136. The SMILES string of the molecule is N=C(N)c1ccc2ccc(CCCc3ccc(-c4ccccc4S(N)(=O)=O)cc3)cc2c1. The first-order valence-electron chi connectivity index (χ1n) is 10.4. The molecule has 162 valence electrons. The number of benzene rings is 4. The number of hydrogen-bond donors (Lipinski definition) is 3. The molecular formula is C26H25N3O2S. The first kappa shape index (κ1) is 21.7. The van der Waals surface area contributed by atoms with Crippen molar-refractivity contribution in [2.45, 2.75) is 24.2 Å². The van der Waals surface area contributed by atoms with Gasteiger partial charge in [-0.05, 0) is 58.9 Å². The normalized spacial score (nSPS) is 11.5. The van der Waals surface area contributed by atoms with E-state index in [9.17, 15) is 8.42 Å². The lowest BCUT2D eigenvalue weighted by molar-refractivity contribution is 0.598. The highest BCUT2D eigenvalue weighted by atomic mass is 32.2. The quantitative estimate of drug-likeness (QED) is 0.286. The van der Waals surface area contributed by atoms with Crippen molar-refractivity contribution in [3.05, 3.63) is 102 Å². The molecule has 4 aromatic carbocycles. The van der Waals surface area contributed by atoms with E-state index in [1.54, 1.807) is 18.2 Å². The Hall–Kier alpha value is -3.48. The summed E-state index contributed by atoms with van der Waals surface area (Å²) >= 11 is 0. The van der Waals surface area contributed by atoms with Crippen LogP contribution in [0.15, 0.2) is 89.8 Å². The van der Waals surface area contributed by atoms with Gasteiger partial charge in [0.2, 0.25) is 10.0 Å². The van der Waals surface area contributed by atoms with Gasteiger partial charge in [-0.25, -0.2) is 13.6 Å². The number of amidine groups is 1. The monoisotopic (exact) mass is 443 g/mol. The van der Waals surface area contributed by atoms with Crippen LogP contribution in [0.1, 0.15) is 23.1 Å². The Kier molecular flexibility index (Phi) is 6.08. The van der Waals surface area contributed by atoms with Crippen molar-refractivity contribution in [2.75, 3.05) is 0 Å². The molecule has 0 atom stereocenters. The Bertz CT molecular complexity index is 1390. The van der Waals surface area contributed by atoms with Crippen molar-refractivity contribution in [1.82, 2.24) is 0 Å². The highest BCUT2D eigenvalue weighted by Crippen LogP contribution is 2.27. The predicted octanol–water partition coefficient (Wildman–Crippen LogP) is 4.61. The Morgan fingerprint density at radius 3 is 2.16 bits per heavy atom. The molecule has 6 heteroatoms. The summed E-state index contributed by atoms with van der Waals surface area (Å²) in [5.41, 5.74) is 10.2. The maximum atomic E-state index is 11.9. The van der Waals surface area contributed by atoms with Gasteiger partial charge in [-0.1, -0.05) is 72.8 Å². The Balaban J connectivity index is 1.44. The van der Waals surface area contributed by atoms with Crippen LogP contribution in [0.2, 0.25) is 0 Å². The minimum absolute atomic E-state index is 0.0763. The maximum Gasteiger partial charge on any atom is 0.238 e. The van der Waals surface area contributed by atoms with Gasteiger partial charge in [0.05, 0.1) is 4.90 Å². The Morgan fingerprint density at radius 1 is 0.781 bits per heavy atom. The van der Waals surface area contributed by atoms with Crippen LogP contribution >= 0.6 is 0 Å². The van der Waals surface area contributed by atoms with Gasteiger partial charge in [0.25, 0.3) is 0 Å². The fourth-order valence-electron chi connectivity index (χ4n) is 3.92. The molecule has 0 radical (unpaired) electrons. The van der Waals surface area contributed by atoms with E-state index in [1.165, 1.54) is 17.2 Å². The predicted molar refractivity (Wildman–Crippen MR) is 130 cm³/mol. The van der Waals surface area contributed by atoms with Crippen LogP contribution in [0.3, 0.4) is 0 Å². The molecule has 0 aromatic heterocycles. The second kappa shape index (κ2) is 8.94. The summed E-state index contributed by atoms with van der Waals surface area (Å²) < 4.78 is 23.7. The molecule has 0 saturated heterocycles. The van der Waals surface area contributed by atoms with Gasteiger partial charge >= 0.3 is 0 Å². The van der Waals surface area contributed by atoms with E-state index < -0.39 is 10.0 Å². The van der Waals surface area contributed by atoms with Crippen molar-refractivity contribution in [2.24, 2.45) is 10.9 Å². The molecule has 0 spiro atoms. The number of sulfonamides is 1. The summed E-state index contributed by atoms with van der Waals surface area (Å²) in [6.07, 6.45) is 2.85. The van der Waals surface area contributed by atoms with Gasteiger partial charge in [0.1, 0.15) is 5.84 Å². The van der Waals surface area contributed by atoms with E-state index in [1.807, 2.05) is 42.5 Å². The Labute approximate surface area is 188 Å². The number of primary sulfonamides is 1. The van der Waals surface area contributed by atoms with Crippen LogP contribution < -0.4 is 10.9 Å². The first-order valence-corrected chi connectivity index (χ1v) is 11.9. The highest BCUT2D eigenvalue weighted by molar-refractivity contribution is 7.89. The van der Waals surface area contributed by atoms with Gasteiger partial charge in [0, 0.05) is 11.1 Å². The molecule has 0 heterocycles. The molecule has 32 heavy (non-hydrogen) atoms. The molecule has 0 saturated carbocycles. The smallest absolute Gasteiger partial charge is 0.238 e. The minimum Gasteiger partial charge on any atom is -0.384 e. The van der Waals surface area contributed by atoms with Crippen LogP contribution in [0.25, 0.3) is 21.9 Å². The van der Waals surface area contributed by atoms with E-state index in [2.05, 4.69) is 18.2 Å². The molecule has 0 bridgehead atoms. The lowest BCUT2D eigenvalue weighted by Gasteiger charge is -2.09. The molecule has 0 aliphatic rings. The fraction of sp³-hybridized carbons (Fsp3) is 0.115. The maximum absolute atomic E-state index is 11.9. The summed E-state index contributed by atoms with van der Waals surface area (Å²) in [6.45, 7) is 0. The molecule has 0 unspecified atom stereocenters. The van der Waals surface area contributed by atoms with Gasteiger partial charge in [-0.2, -0.15) is 0 Å². The molecule has 0 aliphatic heterocycles. The molecule has 0 amide bonds. The lowest BCUT2D eigenvalue weighted by Crippen LogP contribution is -2.13. The molecular weight excluding hydrogens is 418 g/mol. The minimum atomic E-state index is -3.78. The second-order valence-corrected chi connectivity index (χ2v) is 9.43. The number of rotatable bonds is 7. The van der Waals surface area contributed by atoms with Crippen LogP contribution in [0, 0.1) is 5.41 Å². The third-order valence-electron chi connectivity index (χ3n) is 5.61. The molecule has 0 fully saturated rings. The number of aryl methyl sites for hydroxylation is 2. The molecule has 4 rings (SSSR count). The van der Waals surface area contributed by atoms with E-state index in [-0.39, 0.29) is 10.7 Å². The van der Waals surface area contributed by atoms with Crippen LogP contribution in [0.4, 0.5) is 0 Å². The zero-order valence-corrected chi connectivity index (χ0v) is 18.4. The summed E-state index contributed by atoms with van der Waals surface area (Å²) in [7, 11) is -3.78. The first-order chi connectivity index (χ1) is 15.3. The fourth-order valence-corrected chi connectivity index (χ4v) is 4.68. The van der Waals surface area contributed by atoms with Crippen LogP contribution in [-0.2, 0) is 22.9 Å². The van der Waals surface area contributed by atoms with E-state index in [4.69, 9.17) is 16.3 Å².